The summed E-state index contributed by atoms with van der Waals surface area (Å²) in [6.45, 7) is 6.87. The Morgan fingerprint density at radius 1 is 0.853 bits per heavy atom. The third kappa shape index (κ3) is 7.29. The molecule has 0 radical (unpaired) electrons. The molecule has 3 rings (SSSR count). The molecule has 1 N–H and O–H groups in total. The molecule has 5 heteroatoms. The highest BCUT2D eigenvalue weighted by atomic mass is 79.9. The Morgan fingerprint density at radius 3 is 1.97 bits per heavy atom. The van der Waals surface area contributed by atoms with Crippen LogP contribution in [0, 0.1) is 5.92 Å². The van der Waals surface area contributed by atoms with E-state index in [1.807, 2.05) is 67.6 Å². The molecule has 0 spiro atoms. The fourth-order valence-electron chi connectivity index (χ4n) is 3.96. The van der Waals surface area contributed by atoms with Gasteiger partial charge in [0, 0.05) is 29.9 Å². The number of nitrogens with zero attached hydrogens (tertiary/aromatic N) is 1. The minimum Gasteiger partial charge on any atom is -0.354 e. The minimum atomic E-state index is -0.586. The van der Waals surface area contributed by atoms with Gasteiger partial charge in [0.2, 0.25) is 11.8 Å². The average Bonchev–Trinajstić information content (AvgIpc) is 2.85. The SMILES string of the molecule is CC(C)CNC(=O)[C@H](C)N(Cc1cccc(Br)c1)C(=O)CC(c1ccccc1)c1ccccc1. The highest BCUT2D eigenvalue weighted by Gasteiger charge is 2.29. The Hall–Kier alpha value is -2.92. The van der Waals surface area contributed by atoms with Crippen molar-refractivity contribution in [1.29, 1.82) is 0 Å². The smallest absolute Gasteiger partial charge is 0.242 e. The predicted octanol–water partition coefficient (Wildman–Crippen LogP) is 6.16. The average molecular weight is 521 g/mol. The summed E-state index contributed by atoms with van der Waals surface area (Å²) in [6.07, 6.45) is 0.282. The molecule has 0 bridgehead atoms. The third-order valence-corrected chi connectivity index (χ3v) is 6.37. The van der Waals surface area contributed by atoms with E-state index in [-0.39, 0.29) is 24.2 Å². The molecule has 0 saturated carbocycles. The van der Waals surface area contributed by atoms with Gasteiger partial charge in [0.25, 0.3) is 0 Å². The van der Waals surface area contributed by atoms with E-state index in [4.69, 9.17) is 0 Å². The zero-order valence-corrected chi connectivity index (χ0v) is 21.7. The van der Waals surface area contributed by atoms with Crippen LogP contribution in [0.15, 0.2) is 89.4 Å². The lowest BCUT2D eigenvalue weighted by molar-refractivity contribution is -0.140. The van der Waals surface area contributed by atoms with Crippen molar-refractivity contribution in [3.05, 3.63) is 106 Å². The Balaban J connectivity index is 1.89. The first-order valence-corrected chi connectivity index (χ1v) is 12.6. The largest absolute Gasteiger partial charge is 0.354 e. The van der Waals surface area contributed by atoms with Gasteiger partial charge in [-0.3, -0.25) is 9.59 Å². The summed E-state index contributed by atoms with van der Waals surface area (Å²) in [5.41, 5.74) is 3.14. The maximum absolute atomic E-state index is 13.8. The molecule has 0 saturated heterocycles. The molecule has 0 fully saturated rings. The number of benzene rings is 3. The van der Waals surface area contributed by atoms with Crippen molar-refractivity contribution in [2.45, 2.75) is 45.7 Å². The van der Waals surface area contributed by atoms with Crippen molar-refractivity contribution in [2.24, 2.45) is 5.92 Å². The lowest BCUT2D eigenvalue weighted by Gasteiger charge is -2.31. The van der Waals surface area contributed by atoms with E-state index in [9.17, 15) is 9.59 Å². The molecule has 0 aliphatic rings. The van der Waals surface area contributed by atoms with Crippen LogP contribution in [0.3, 0.4) is 0 Å². The summed E-state index contributed by atoms with van der Waals surface area (Å²) in [6, 6.07) is 27.5. The van der Waals surface area contributed by atoms with Gasteiger partial charge in [0.15, 0.2) is 0 Å². The van der Waals surface area contributed by atoms with Gasteiger partial charge >= 0.3 is 0 Å². The topological polar surface area (TPSA) is 49.4 Å². The molecule has 178 valence electrons. The molecule has 34 heavy (non-hydrogen) atoms. The lowest BCUT2D eigenvalue weighted by Crippen LogP contribution is -2.48. The van der Waals surface area contributed by atoms with E-state index in [1.165, 1.54) is 0 Å². The normalized spacial score (nSPS) is 11.9. The molecule has 0 aliphatic heterocycles. The zero-order valence-electron chi connectivity index (χ0n) is 20.1. The molecular formula is C29H33BrN2O2. The number of hydrogen-bond acceptors (Lipinski definition) is 2. The van der Waals surface area contributed by atoms with E-state index in [2.05, 4.69) is 59.4 Å². The van der Waals surface area contributed by atoms with E-state index in [1.54, 1.807) is 4.90 Å². The Labute approximate surface area is 211 Å². The highest BCUT2D eigenvalue weighted by molar-refractivity contribution is 9.10. The van der Waals surface area contributed by atoms with Gasteiger partial charge in [-0.15, -0.1) is 0 Å². The number of halogens is 1. The van der Waals surface area contributed by atoms with Gasteiger partial charge in [-0.2, -0.15) is 0 Å². The van der Waals surface area contributed by atoms with Crippen LogP contribution in [0.2, 0.25) is 0 Å². The highest BCUT2D eigenvalue weighted by Crippen LogP contribution is 2.29. The molecule has 1 atom stereocenters. The maximum atomic E-state index is 13.8. The zero-order chi connectivity index (χ0) is 24.5. The van der Waals surface area contributed by atoms with Crippen molar-refractivity contribution < 1.29 is 9.59 Å². The number of nitrogens with one attached hydrogen (secondary N) is 1. The summed E-state index contributed by atoms with van der Waals surface area (Å²) in [5.74, 6) is 0.0645. The molecule has 0 heterocycles. The van der Waals surface area contributed by atoms with Crippen molar-refractivity contribution >= 4 is 27.7 Å². The number of carbonyl (C=O) groups excluding carboxylic acids is 2. The predicted molar refractivity (Wildman–Crippen MR) is 141 cm³/mol. The first-order valence-electron chi connectivity index (χ1n) is 11.8. The Bertz CT molecular complexity index is 1030. The van der Waals surface area contributed by atoms with Crippen LogP contribution in [-0.4, -0.2) is 29.3 Å². The van der Waals surface area contributed by atoms with Crippen LogP contribution in [0.5, 0.6) is 0 Å². The summed E-state index contributed by atoms with van der Waals surface area (Å²) in [4.78, 5) is 28.5. The quantitative estimate of drug-likeness (QED) is 0.348. The van der Waals surface area contributed by atoms with Gasteiger partial charge in [-0.25, -0.2) is 0 Å². The van der Waals surface area contributed by atoms with Crippen LogP contribution >= 0.6 is 15.9 Å². The first kappa shape index (κ1) is 25.7. The van der Waals surface area contributed by atoms with E-state index in [0.29, 0.717) is 19.0 Å². The number of rotatable bonds is 10. The first-order chi connectivity index (χ1) is 16.3. The van der Waals surface area contributed by atoms with Crippen LogP contribution < -0.4 is 5.32 Å². The fraction of sp³-hybridized carbons (Fsp3) is 0.310. The lowest BCUT2D eigenvalue weighted by atomic mass is 9.88. The monoisotopic (exact) mass is 520 g/mol. The van der Waals surface area contributed by atoms with Crippen molar-refractivity contribution in [1.82, 2.24) is 10.2 Å². The molecule has 0 aliphatic carbocycles. The summed E-state index contributed by atoms with van der Waals surface area (Å²) < 4.78 is 0.945. The van der Waals surface area contributed by atoms with Crippen molar-refractivity contribution in [3.63, 3.8) is 0 Å². The molecule has 3 aromatic rings. The van der Waals surface area contributed by atoms with E-state index < -0.39 is 6.04 Å². The second kappa shape index (κ2) is 12.5. The molecule has 2 amide bonds. The number of hydrogen-bond donors (Lipinski definition) is 1. The number of amides is 2. The van der Waals surface area contributed by atoms with Gasteiger partial charge < -0.3 is 10.2 Å². The molecular weight excluding hydrogens is 488 g/mol. The van der Waals surface area contributed by atoms with Crippen LogP contribution in [0.25, 0.3) is 0 Å². The Kier molecular flexibility index (Phi) is 9.46. The van der Waals surface area contributed by atoms with E-state index >= 15 is 0 Å². The third-order valence-electron chi connectivity index (χ3n) is 5.88. The van der Waals surface area contributed by atoms with Crippen LogP contribution in [0.4, 0.5) is 0 Å². The van der Waals surface area contributed by atoms with Crippen LogP contribution in [0.1, 0.15) is 49.8 Å². The van der Waals surface area contributed by atoms with Gasteiger partial charge in [0.05, 0.1) is 0 Å². The maximum Gasteiger partial charge on any atom is 0.242 e. The van der Waals surface area contributed by atoms with Gasteiger partial charge in [0.1, 0.15) is 6.04 Å². The fourth-order valence-corrected chi connectivity index (χ4v) is 4.40. The van der Waals surface area contributed by atoms with Crippen LogP contribution in [-0.2, 0) is 16.1 Å². The van der Waals surface area contributed by atoms with E-state index in [0.717, 1.165) is 21.2 Å². The number of carbonyl (C=O) groups is 2. The van der Waals surface area contributed by atoms with Gasteiger partial charge in [-0.05, 0) is 41.7 Å². The standard InChI is InChI=1S/C29H33BrN2O2/c1-21(2)19-31-29(34)22(3)32(20-23-11-10-16-26(30)17-23)28(33)18-27(24-12-6-4-7-13-24)25-14-8-5-9-15-25/h4-17,21-22,27H,18-20H2,1-3H3,(H,31,34)/t22-/m0/s1. The second-order valence-electron chi connectivity index (χ2n) is 9.04. The summed E-state index contributed by atoms with van der Waals surface area (Å²) in [7, 11) is 0. The summed E-state index contributed by atoms with van der Waals surface area (Å²) >= 11 is 3.51. The summed E-state index contributed by atoms with van der Waals surface area (Å²) in [5, 5.41) is 2.99. The molecule has 4 nitrogen and oxygen atoms in total. The minimum absolute atomic E-state index is 0.0510. The van der Waals surface area contributed by atoms with Crippen molar-refractivity contribution in [2.75, 3.05) is 6.54 Å². The van der Waals surface area contributed by atoms with Crippen molar-refractivity contribution in [3.8, 4) is 0 Å². The van der Waals surface area contributed by atoms with Gasteiger partial charge in [-0.1, -0.05) is 103 Å². The molecule has 0 unspecified atom stereocenters. The second-order valence-corrected chi connectivity index (χ2v) is 9.96. The molecule has 3 aromatic carbocycles. The Morgan fingerprint density at radius 2 is 1.44 bits per heavy atom. The molecule has 0 aromatic heterocycles.